The lowest BCUT2D eigenvalue weighted by Crippen LogP contribution is -1.79. The Balaban J connectivity index is 2.35. The van der Waals surface area contributed by atoms with Crippen LogP contribution in [-0.2, 0) is 0 Å². The molecule has 2 rings (SSSR count). The summed E-state index contributed by atoms with van der Waals surface area (Å²) in [5.41, 5.74) is 4.69. The Kier molecular flexibility index (Phi) is 2.26. The Labute approximate surface area is 81.4 Å². The van der Waals surface area contributed by atoms with Crippen LogP contribution in [0.3, 0.4) is 0 Å². The van der Waals surface area contributed by atoms with Crippen molar-refractivity contribution in [2.24, 2.45) is 0 Å². The van der Waals surface area contributed by atoms with Crippen molar-refractivity contribution in [1.29, 1.82) is 0 Å². The molecule has 3 nitrogen and oxygen atoms in total. The van der Waals surface area contributed by atoms with Crippen molar-refractivity contribution in [3.05, 3.63) is 48.5 Å². The van der Waals surface area contributed by atoms with Gasteiger partial charge >= 0.3 is 0 Å². The van der Waals surface area contributed by atoms with Crippen molar-refractivity contribution in [3.63, 3.8) is 0 Å². The largest absolute Gasteiger partial charge is 0.342 e. The third kappa shape index (κ3) is 1.63. The van der Waals surface area contributed by atoms with E-state index in [4.69, 9.17) is 0 Å². The van der Waals surface area contributed by atoms with Crippen LogP contribution in [-0.4, -0.2) is 10.1 Å². The number of hydrogen-bond acceptors (Lipinski definition) is 3. The maximum Gasteiger partial charge on any atom is 0.214 e. The molecule has 68 valence electrons. The predicted octanol–water partition coefficient (Wildman–Crippen LogP) is 2.53. The first-order valence-electron chi connectivity index (χ1n) is 4.13. The summed E-state index contributed by atoms with van der Waals surface area (Å²) in [6.07, 6.45) is 3.12. The molecule has 0 aliphatic carbocycles. The Hall–Kier alpha value is -2.12. The van der Waals surface area contributed by atoms with Crippen molar-refractivity contribution in [1.82, 2.24) is 10.1 Å². The Morgan fingerprint density at radius 3 is 2.64 bits per heavy atom. The molecular formula is C11H8N2O. The lowest BCUT2D eigenvalue weighted by Gasteiger charge is -1.94. The summed E-state index contributed by atoms with van der Waals surface area (Å²) in [4.78, 5) is 3.95. The number of nitrogens with zero attached hydrogens (tertiary/aromatic N) is 2. The van der Waals surface area contributed by atoms with Crippen LogP contribution in [0.5, 0.6) is 0 Å². The van der Waals surface area contributed by atoms with Crippen molar-refractivity contribution in [2.45, 2.75) is 0 Å². The molecule has 0 aliphatic rings. The second-order valence-electron chi connectivity index (χ2n) is 2.73. The first-order valence-corrected chi connectivity index (χ1v) is 4.13. The van der Waals surface area contributed by atoms with E-state index >= 15 is 0 Å². The van der Waals surface area contributed by atoms with Crippen molar-refractivity contribution >= 4 is 6.08 Å². The zero-order valence-electron chi connectivity index (χ0n) is 7.47. The van der Waals surface area contributed by atoms with E-state index in [1.54, 1.807) is 6.08 Å². The minimum atomic E-state index is 0.596. The van der Waals surface area contributed by atoms with Crippen molar-refractivity contribution < 1.29 is 4.52 Å². The minimum Gasteiger partial charge on any atom is -0.342 e. The molecule has 2 aromatic rings. The van der Waals surface area contributed by atoms with Gasteiger partial charge in [-0.3, -0.25) is 0 Å². The standard InChI is InChI=1S/C11H8N2O/c1-2-3-9-4-6-10(7-5-9)11-12-8-14-13-11/h3-8H,1H2. The van der Waals surface area contributed by atoms with Crippen LogP contribution in [0.25, 0.3) is 17.5 Å². The second-order valence-corrected chi connectivity index (χ2v) is 2.73. The van der Waals surface area contributed by atoms with Gasteiger partial charge in [-0.15, -0.1) is 5.73 Å². The molecule has 0 N–H and O–H groups in total. The van der Waals surface area contributed by atoms with Gasteiger partial charge < -0.3 is 4.52 Å². The Morgan fingerprint density at radius 2 is 2.07 bits per heavy atom. The normalized spacial score (nSPS) is 9.43. The summed E-state index contributed by atoms with van der Waals surface area (Å²) >= 11 is 0. The van der Waals surface area contributed by atoms with Gasteiger partial charge in [-0.25, -0.2) is 0 Å². The molecule has 14 heavy (non-hydrogen) atoms. The third-order valence-electron chi connectivity index (χ3n) is 1.80. The Morgan fingerprint density at radius 1 is 1.29 bits per heavy atom. The smallest absolute Gasteiger partial charge is 0.214 e. The van der Waals surface area contributed by atoms with Gasteiger partial charge in [0, 0.05) is 5.56 Å². The lowest BCUT2D eigenvalue weighted by atomic mass is 10.1. The van der Waals surface area contributed by atoms with Gasteiger partial charge in [0.05, 0.1) is 0 Å². The molecule has 0 spiro atoms. The van der Waals surface area contributed by atoms with Gasteiger partial charge in [-0.1, -0.05) is 36.0 Å². The highest BCUT2D eigenvalue weighted by atomic mass is 16.5. The van der Waals surface area contributed by atoms with Gasteiger partial charge in [0.2, 0.25) is 12.2 Å². The van der Waals surface area contributed by atoms with Gasteiger partial charge in [-0.05, 0) is 11.6 Å². The molecule has 0 atom stereocenters. The quantitative estimate of drug-likeness (QED) is 0.673. The fourth-order valence-corrected chi connectivity index (χ4v) is 1.14. The first kappa shape index (κ1) is 8.48. The van der Waals surface area contributed by atoms with Crippen LogP contribution in [0.2, 0.25) is 0 Å². The number of benzene rings is 1. The maximum absolute atomic E-state index is 4.66. The van der Waals surface area contributed by atoms with E-state index in [-0.39, 0.29) is 0 Å². The molecule has 0 saturated heterocycles. The number of hydrogen-bond donors (Lipinski definition) is 0. The summed E-state index contributed by atoms with van der Waals surface area (Å²) in [6.45, 7) is 3.51. The number of aromatic nitrogens is 2. The van der Waals surface area contributed by atoms with Gasteiger partial charge in [0.25, 0.3) is 0 Å². The maximum atomic E-state index is 4.66. The molecule has 1 heterocycles. The highest BCUT2D eigenvalue weighted by molar-refractivity contribution is 5.58. The van der Waals surface area contributed by atoms with Crippen LogP contribution >= 0.6 is 0 Å². The molecule has 1 aromatic heterocycles. The monoisotopic (exact) mass is 184 g/mol. The number of rotatable bonds is 2. The second kappa shape index (κ2) is 3.73. The molecule has 0 bridgehead atoms. The molecule has 0 radical (unpaired) electrons. The molecule has 0 fully saturated rings. The molecule has 3 heteroatoms. The third-order valence-corrected chi connectivity index (χ3v) is 1.80. The van der Waals surface area contributed by atoms with Gasteiger partial charge in [-0.2, -0.15) is 4.98 Å². The van der Waals surface area contributed by atoms with E-state index < -0.39 is 0 Å². The van der Waals surface area contributed by atoms with E-state index in [0.29, 0.717) is 5.82 Å². The summed E-state index contributed by atoms with van der Waals surface area (Å²) in [6, 6.07) is 7.75. The first-order chi connectivity index (χ1) is 6.90. The highest BCUT2D eigenvalue weighted by Gasteiger charge is 2.00. The topological polar surface area (TPSA) is 38.9 Å². The van der Waals surface area contributed by atoms with E-state index in [2.05, 4.69) is 27.0 Å². The van der Waals surface area contributed by atoms with Crippen LogP contribution < -0.4 is 0 Å². The average molecular weight is 184 g/mol. The fraction of sp³-hybridized carbons (Fsp3) is 0. The van der Waals surface area contributed by atoms with Crippen molar-refractivity contribution in [3.8, 4) is 11.4 Å². The molecule has 0 aliphatic heterocycles. The molecule has 0 amide bonds. The molecule has 1 aromatic carbocycles. The highest BCUT2D eigenvalue weighted by Crippen LogP contribution is 2.15. The summed E-state index contributed by atoms with van der Waals surface area (Å²) < 4.78 is 4.66. The van der Waals surface area contributed by atoms with Crippen LogP contribution in [0.4, 0.5) is 0 Å². The summed E-state index contributed by atoms with van der Waals surface area (Å²) in [7, 11) is 0. The summed E-state index contributed by atoms with van der Waals surface area (Å²) in [5.74, 6) is 0.596. The zero-order valence-corrected chi connectivity index (χ0v) is 7.47. The molecule has 0 saturated carbocycles. The van der Waals surface area contributed by atoms with Crippen LogP contribution in [0, 0.1) is 0 Å². The minimum absolute atomic E-state index is 0.596. The average Bonchev–Trinajstić information content (AvgIpc) is 2.72. The van der Waals surface area contributed by atoms with Gasteiger partial charge in [0.1, 0.15) is 0 Å². The van der Waals surface area contributed by atoms with Crippen LogP contribution in [0.1, 0.15) is 5.56 Å². The van der Waals surface area contributed by atoms with Crippen LogP contribution in [0.15, 0.2) is 47.5 Å². The Bertz CT molecular complexity index is 451. The lowest BCUT2D eigenvalue weighted by molar-refractivity contribution is 0.419. The van der Waals surface area contributed by atoms with E-state index in [1.165, 1.54) is 6.39 Å². The van der Waals surface area contributed by atoms with Crippen molar-refractivity contribution in [2.75, 3.05) is 0 Å². The summed E-state index contributed by atoms with van der Waals surface area (Å²) in [5, 5.41) is 3.74. The van der Waals surface area contributed by atoms with E-state index in [1.807, 2.05) is 24.3 Å². The fourth-order valence-electron chi connectivity index (χ4n) is 1.14. The van der Waals surface area contributed by atoms with Gasteiger partial charge in [0.15, 0.2) is 0 Å². The zero-order chi connectivity index (χ0) is 9.80. The predicted molar refractivity (Wildman–Crippen MR) is 53.3 cm³/mol. The molecule has 0 unspecified atom stereocenters. The van der Waals surface area contributed by atoms with E-state index in [9.17, 15) is 0 Å². The molecular weight excluding hydrogens is 176 g/mol. The van der Waals surface area contributed by atoms with E-state index in [0.717, 1.165) is 11.1 Å². The SMILES string of the molecule is C=C=Cc1ccc(-c2ncon2)cc1.